The molecule has 1 aliphatic rings. The number of likely N-dealkylation sites (tertiary alicyclic amines) is 1. The molecule has 8 atom stereocenters. The smallest absolute Gasteiger partial charge is 0.328 e. The minimum atomic E-state index is -0.650. The Morgan fingerprint density at radius 2 is 1.71 bits per heavy atom. The number of methoxy groups -OCH3 is 3. The maximum atomic E-state index is 13.9. The first-order chi connectivity index (χ1) is 21.4. The number of amides is 2. The number of esters is 1. The summed E-state index contributed by atoms with van der Waals surface area (Å²) in [6, 6.07) is 8.24. The van der Waals surface area contributed by atoms with Crippen LogP contribution in [0.3, 0.4) is 0 Å². The van der Waals surface area contributed by atoms with Crippen molar-refractivity contribution in [3.8, 4) is 0 Å². The van der Waals surface area contributed by atoms with Crippen LogP contribution in [0.1, 0.15) is 65.9 Å². The third kappa shape index (κ3) is 10.7. The predicted octanol–water partition coefficient (Wildman–Crippen LogP) is 3.51. The van der Waals surface area contributed by atoms with Crippen molar-refractivity contribution in [2.24, 2.45) is 17.8 Å². The maximum Gasteiger partial charge on any atom is 0.328 e. The zero-order valence-electron chi connectivity index (χ0n) is 28.6. The van der Waals surface area contributed by atoms with Crippen molar-refractivity contribution in [1.82, 2.24) is 20.9 Å². The van der Waals surface area contributed by atoms with Gasteiger partial charge in [-0.25, -0.2) is 4.79 Å². The quantitative estimate of drug-likeness (QED) is 0.162. The van der Waals surface area contributed by atoms with Crippen molar-refractivity contribution >= 4 is 35.0 Å². The van der Waals surface area contributed by atoms with Gasteiger partial charge in [0.15, 0.2) is 0 Å². The van der Waals surface area contributed by atoms with Gasteiger partial charge < -0.3 is 29.7 Å². The number of nitrogens with one attached hydrogen (secondary N) is 3. The second-order valence-corrected chi connectivity index (χ2v) is 12.9. The van der Waals surface area contributed by atoms with E-state index in [0.29, 0.717) is 18.0 Å². The molecule has 1 aliphatic heterocycles. The van der Waals surface area contributed by atoms with Crippen LogP contribution in [0.15, 0.2) is 30.3 Å². The average molecular weight is 649 g/mol. The molecule has 1 fully saturated rings. The van der Waals surface area contributed by atoms with E-state index in [9.17, 15) is 14.4 Å². The molecule has 10 nitrogen and oxygen atoms in total. The summed E-state index contributed by atoms with van der Waals surface area (Å²) in [5, 5.41) is 9.52. The van der Waals surface area contributed by atoms with Gasteiger partial charge in [-0.3, -0.25) is 14.9 Å². The maximum absolute atomic E-state index is 13.9. The zero-order valence-corrected chi connectivity index (χ0v) is 29.4. The molecule has 1 heterocycles. The van der Waals surface area contributed by atoms with Crippen molar-refractivity contribution < 1.29 is 28.6 Å². The highest BCUT2D eigenvalue weighted by molar-refractivity contribution is 7.80. The topological polar surface area (TPSA) is 118 Å². The fraction of sp³-hybridized carbons (Fsp3) is 0.706. The molecule has 0 aliphatic carbocycles. The van der Waals surface area contributed by atoms with Gasteiger partial charge in [0.1, 0.15) is 6.04 Å². The summed E-state index contributed by atoms with van der Waals surface area (Å²) in [6.07, 6.45) is 2.27. The second-order valence-electron chi connectivity index (χ2n) is 12.5. The Kier molecular flexibility index (Phi) is 16.4. The standard InChI is InChI=1S/C34H56N4O6S/c1-10-22(4)30(37-29(21(2)3)32(40)35-6)27(42-7)20-28(39)38-18-14-17-26(38)31(43-8)23(5)33(45)36-25(34(41)44-9)19-24-15-12-11-13-16-24/h11-13,15-16,21-23,25-27,29-31,37H,10,14,17-20H2,1-9H3,(H,35,40)(H,36,45)/t22-,23+,25-,26-,27+,29-,30-,31+/m0/s1. The number of rotatable bonds is 18. The van der Waals surface area contributed by atoms with Gasteiger partial charge in [-0.2, -0.15) is 0 Å². The third-order valence-corrected chi connectivity index (χ3v) is 9.66. The Balaban J connectivity index is 2.21. The molecule has 2 amide bonds. The molecule has 45 heavy (non-hydrogen) atoms. The lowest BCUT2D eigenvalue weighted by atomic mass is 9.89. The zero-order chi connectivity index (χ0) is 33.7. The van der Waals surface area contributed by atoms with Crippen molar-refractivity contribution in [3.05, 3.63) is 35.9 Å². The van der Waals surface area contributed by atoms with E-state index in [4.69, 9.17) is 26.4 Å². The Morgan fingerprint density at radius 1 is 1.04 bits per heavy atom. The highest BCUT2D eigenvalue weighted by Crippen LogP contribution is 2.29. The molecular weight excluding hydrogens is 592 g/mol. The van der Waals surface area contributed by atoms with Crippen LogP contribution in [0.25, 0.3) is 0 Å². The number of nitrogens with zero attached hydrogens (tertiary/aromatic N) is 1. The molecule has 0 aromatic heterocycles. The summed E-state index contributed by atoms with van der Waals surface area (Å²) in [7, 11) is 6.26. The number of likely N-dealkylation sites (N-methyl/N-ethyl adjacent to an activating group) is 1. The van der Waals surface area contributed by atoms with Gasteiger partial charge in [0.2, 0.25) is 11.8 Å². The van der Waals surface area contributed by atoms with E-state index in [0.717, 1.165) is 24.8 Å². The highest BCUT2D eigenvalue weighted by Gasteiger charge is 2.41. The third-order valence-electron chi connectivity index (χ3n) is 9.17. The van der Waals surface area contributed by atoms with E-state index in [-0.39, 0.29) is 54.2 Å². The number of ether oxygens (including phenoxy) is 3. The molecule has 0 bridgehead atoms. The number of thiocarbonyl (C=S) groups is 1. The molecule has 1 saturated heterocycles. The Morgan fingerprint density at radius 3 is 2.24 bits per heavy atom. The number of hydrogen-bond donors (Lipinski definition) is 3. The molecule has 3 N–H and O–H groups in total. The summed E-state index contributed by atoms with van der Waals surface area (Å²) in [5.74, 6) is -0.564. The predicted molar refractivity (Wildman–Crippen MR) is 181 cm³/mol. The van der Waals surface area contributed by atoms with Crippen LogP contribution in [0.4, 0.5) is 0 Å². The lowest BCUT2D eigenvalue weighted by Gasteiger charge is -2.38. The molecule has 0 spiro atoms. The van der Waals surface area contributed by atoms with Gasteiger partial charge in [-0.15, -0.1) is 0 Å². The minimum absolute atomic E-state index is 0.0230. The van der Waals surface area contributed by atoms with Crippen molar-refractivity contribution in [3.63, 3.8) is 0 Å². The molecule has 1 aromatic rings. The average Bonchev–Trinajstić information content (AvgIpc) is 3.53. The summed E-state index contributed by atoms with van der Waals surface area (Å²) in [6.45, 7) is 10.8. The summed E-state index contributed by atoms with van der Waals surface area (Å²) < 4.78 is 17.0. The van der Waals surface area contributed by atoms with Crippen LogP contribution < -0.4 is 16.0 Å². The van der Waals surface area contributed by atoms with E-state index in [1.54, 1.807) is 21.3 Å². The van der Waals surface area contributed by atoms with E-state index in [2.05, 4.69) is 29.8 Å². The first-order valence-electron chi connectivity index (χ1n) is 16.2. The minimum Gasteiger partial charge on any atom is -0.467 e. The number of carbonyl (C=O) groups is 3. The van der Waals surface area contributed by atoms with Gasteiger partial charge in [-0.1, -0.05) is 83.6 Å². The van der Waals surface area contributed by atoms with Crippen LogP contribution in [0, 0.1) is 17.8 Å². The first kappa shape index (κ1) is 38.6. The van der Waals surface area contributed by atoms with Crippen LogP contribution in [-0.2, 0) is 35.0 Å². The first-order valence-corrected chi connectivity index (χ1v) is 16.6. The van der Waals surface area contributed by atoms with Crippen LogP contribution in [0.2, 0.25) is 0 Å². The van der Waals surface area contributed by atoms with E-state index in [1.165, 1.54) is 7.11 Å². The van der Waals surface area contributed by atoms with Gasteiger partial charge >= 0.3 is 5.97 Å². The lowest BCUT2D eigenvalue weighted by Crippen LogP contribution is -2.57. The van der Waals surface area contributed by atoms with Crippen molar-refractivity contribution in [2.75, 3.05) is 34.9 Å². The highest BCUT2D eigenvalue weighted by atomic mass is 32.1. The monoisotopic (exact) mass is 648 g/mol. The fourth-order valence-electron chi connectivity index (χ4n) is 6.25. The molecule has 0 unspecified atom stereocenters. The number of hydrogen-bond acceptors (Lipinski definition) is 8. The lowest BCUT2D eigenvalue weighted by molar-refractivity contribution is -0.142. The van der Waals surface area contributed by atoms with Crippen LogP contribution >= 0.6 is 12.2 Å². The molecule has 1 aromatic carbocycles. The molecular formula is C34H56N4O6S. The normalized spacial score (nSPS) is 19.6. The largest absolute Gasteiger partial charge is 0.467 e. The van der Waals surface area contributed by atoms with Crippen LogP contribution in [-0.4, -0.2) is 99.0 Å². The molecule has 0 radical (unpaired) electrons. The van der Waals surface area contributed by atoms with Gasteiger partial charge in [0, 0.05) is 46.2 Å². The Bertz CT molecular complexity index is 1090. The summed E-state index contributed by atoms with van der Waals surface area (Å²) >= 11 is 5.81. The molecule has 254 valence electrons. The van der Waals surface area contributed by atoms with E-state index >= 15 is 0 Å². The van der Waals surface area contributed by atoms with E-state index < -0.39 is 24.2 Å². The van der Waals surface area contributed by atoms with Crippen LogP contribution in [0.5, 0.6) is 0 Å². The summed E-state index contributed by atoms with van der Waals surface area (Å²) in [4.78, 5) is 41.7. The molecule has 2 rings (SSSR count). The van der Waals surface area contributed by atoms with Gasteiger partial charge in [0.05, 0.1) is 42.8 Å². The van der Waals surface area contributed by atoms with Gasteiger partial charge in [-0.05, 0) is 30.2 Å². The van der Waals surface area contributed by atoms with Crippen molar-refractivity contribution in [1.29, 1.82) is 0 Å². The Labute approximate surface area is 275 Å². The molecule has 11 heteroatoms. The van der Waals surface area contributed by atoms with Gasteiger partial charge in [0.25, 0.3) is 0 Å². The second kappa shape index (κ2) is 19.2. The van der Waals surface area contributed by atoms with Crippen molar-refractivity contribution in [2.45, 2.75) is 103 Å². The number of benzene rings is 1. The molecule has 0 saturated carbocycles. The Hall–Kier alpha value is -2.60. The number of carbonyl (C=O) groups excluding carboxylic acids is 3. The summed E-state index contributed by atoms with van der Waals surface area (Å²) in [5.41, 5.74) is 0.986. The SMILES string of the molecule is CC[C@H](C)[C@H](N[C@H](C(=O)NC)C(C)C)[C@@H](CC(=O)N1CCC[C@H]1[C@H](OC)[C@@H](C)C(=S)N[C@@H](Cc1ccccc1)C(=O)OC)OC. The van der Waals surface area contributed by atoms with E-state index in [1.807, 2.05) is 56.0 Å². The fourth-order valence-corrected chi connectivity index (χ4v) is 6.52.